The van der Waals surface area contributed by atoms with Gasteiger partial charge in [0.05, 0.1) is 0 Å². The van der Waals surface area contributed by atoms with E-state index < -0.39 is 0 Å². The zero-order valence-electron chi connectivity index (χ0n) is 9.30. The van der Waals surface area contributed by atoms with Crippen molar-refractivity contribution in [1.82, 2.24) is 9.97 Å². The minimum atomic E-state index is 0.212. The highest BCUT2D eigenvalue weighted by molar-refractivity contribution is 6.21. The molecule has 0 aliphatic heterocycles. The van der Waals surface area contributed by atoms with E-state index in [0.29, 0.717) is 5.41 Å². The maximum Gasteiger partial charge on any atom is 0.107 e. The van der Waals surface area contributed by atoms with Crippen molar-refractivity contribution >= 4 is 11.6 Å². The molecule has 1 saturated carbocycles. The van der Waals surface area contributed by atoms with Crippen molar-refractivity contribution in [2.45, 2.75) is 50.8 Å². The van der Waals surface area contributed by atoms with Crippen LogP contribution in [-0.4, -0.2) is 15.3 Å². The first-order valence-electron chi connectivity index (χ1n) is 5.83. The summed E-state index contributed by atoms with van der Waals surface area (Å²) in [5.41, 5.74) is 0.312. The van der Waals surface area contributed by atoms with E-state index in [1.165, 1.54) is 32.1 Å². The summed E-state index contributed by atoms with van der Waals surface area (Å²) in [5.74, 6) is 1.02. The lowest BCUT2D eigenvalue weighted by molar-refractivity contribution is 0.204. The Morgan fingerprint density at radius 2 is 2.20 bits per heavy atom. The zero-order valence-corrected chi connectivity index (χ0v) is 10.1. The van der Waals surface area contributed by atoms with E-state index in [1.54, 1.807) is 6.20 Å². The molecule has 1 aliphatic rings. The van der Waals surface area contributed by atoms with Crippen LogP contribution in [0.1, 0.15) is 44.9 Å². The van der Waals surface area contributed by atoms with Crippen molar-refractivity contribution < 1.29 is 0 Å². The first-order chi connectivity index (χ1) is 7.21. The normalized spacial score (nSPS) is 22.5. The van der Waals surface area contributed by atoms with Gasteiger partial charge in [0.25, 0.3) is 0 Å². The van der Waals surface area contributed by atoms with Gasteiger partial charge >= 0.3 is 0 Å². The summed E-state index contributed by atoms with van der Waals surface area (Å²) in [6, 6.07) is 0. The maximum absolute atomic E-state index is 6.53. The van der Waals surface area contributed by atoms with Gasteiger partial charge in [-0.25, -0.2) is 4.98 Å². The summed E-state index contributed by atoms with van der Waals surface area (Å²) in [4.78, 5) is 7.37. The van der Waals surface area contributed by atoms with Crippen molar-refractivity contribution in [2.24, 2.45) is 5.41 Å². The highest BCUT2D eigenvalue weighted by Crippen LogP contribution is 2.42. The van der Waals surface area contributed by atoms with E-state index in [1.807, 2.05) is 6.20 Å². The first-order valence-corrected chi connectivity index (χ1v) is 6.27. The third kappa shape index (κ3) is 2.54. The molecule has 1 aliphatic carbocycles. The van der Waals surface area contributed by atoms with Crippen LogP contribution < -0.4 is 0 Å². The van der Waals surface area contributed by atoms with Crippen molar-refractivity contribution in [3.63, 3.8) is 0 Å². The molecule has 2 nitrogen and oxygen atoms in total. The van der Waals surface area contributed by atoms with Crippen LogP contribution in [0.2, 0.25) is 0 Å². The Morgan fingerprint density at radius 3 is 2.80 bits per heavy atom. The third-order valence-electron chi connectivity index (χ3n) is 3.68. The van der Waals surface area contributed by atoms with Gasteiger partial charge in [-0.05, 0) is 18.3 Å². The van der Waals surface area contributed by atoms with E-state index in [9.17, 15) is 0 Å². The minimum Gasteiger partial charge on any atom is -0.349 e. The van der Waals surface area contributed by atoms with Gasteiger partial charge in [0.15, 0.2) is 0 Å². The molecule has 3 heteroatoms. The monoisotopic (exact) mass is 226 g/mol. The van der Waals surface area contributed by atoms with Crippen LogP contribution in [0.5, 0.6) is 0 Å². The molecule has 1 heterocycles. The maximum atomic E-state index is 6.53. The molecule has 0 amide bonds. The Kier molecular flexibility index (Phi) is 3.35. The van der Waals surface area contributed by atoms with Crippen LogP contribution in [0.15, 0.2) is 12.4 Å². The molecule has 1 aromatic heterocycles. The van der Waals surface area contributed by atoms with Crippen LogP contribution in [-0.2, 0) is 6.42 Å². The van der Waals surface area contributed by atoms with Crippen molar-refractivity contribution in [3.05, 3.63) is 18.2 Å². The molecular formula is C12H19ClN2. The Balaban J connectivity index is 1.97. The molecule has 1 aromatic rings. The number of nitrogens with one attached hydrogen (secondary N) is 1. The summed E-state index contributed by atoms with van der Waals surface area (Å²) in [6.45, 7) is 2.33. The largest absolute Gasteiger partial charge is 0.349 e. The number of alkyl halides is 1. The second kappa shape index (κ2) is 4.56. The van der Waals surface area contributed by atoms with E-state index in [2.05, 4.69) is 16.9 Å². The van der Waals surface area contributed by atoms with Crippen LogP contribution in [0.4, 0.5) is 0 Å². The molecule has 1 N–H and O–H groups in total. The van der Waals surface area contributed by atoms with Crippen molar-refractivity contribution in [2.75, 3.05) is 0 Å². The lowest BCUT2D eigenvalue weighted by Crippen LogP contribution is -2.32. The number of H-pyrrole nitrogens is 1. The number of rotatable bonds is 3. The molecule has 2 rings (SSSR count). The van der Waals surface area contributed by atoms with Crippen molar-refractivity contribution in [1.29, 1.82) is 0 Å². The van der Waals surface area contributed by atoms with E-state index in [4.69, 9.17) is 11.6 Å². The fourth-order valence-electron chi connectivity index (χ4n) is 2.50. The van der Waals surface area contributed by atoms with E-state index in [-0.39, 0.29) is 5.38 Å². The second-order valence-corrected chi connectivity index (χ2v) is 5.45. The molecule has 15 heavy (non-hydrogen) atoms. The van der Waals surface area contributed by atoms with Gasteiger partial charge < -0.3 is 4.98 Å². The minimum absolute atomic E-state index is 0.212. The second-order valence-electron chi connectivity index (χ2n) is 4.92. The van der Waals surface area contributed by atoms with Crippen LogP contribution in [0, 0.1) is 5.41 Å². The summed E-state index contributed by atoms with van der Waals surface area (Å²) in [6.07, 6.45) is 11.1. The van der Waals surface area contributed by atoms with Gasteiger partial charge in [0.2, 0.25) is 0 Å². The SMILES string of the molecule is CC1(C(Cl)Cc2ncc[nH]2)CCCCC1. The lowest BCUT2D eigenvalue weighted by Gasteiger charge is -2.37. The van der Waals surface area contributed by atoms with Gasteiger partial charge in [-0.3, -0.25) is 0 Å². The molecule has 0 radical (unpaired) electrons. The van der Waals surface area contributed by atoms with Gasteiger partial charge in [-0.2, -0.15) is 0 Å². The molecule has 0 bridgehead atoms. The average molecular weight is 227 g/mol. The molecule has 0 spiro atoms. The Bertz CT molecular complexity index is 289. The molecule has 0 saturated heterocycles. The quantitative estimate of drug-likeness (QED) is 0.785. The van der Waals surface area contributed by atoms with E-state index in [0.717, 1.165) is 12.2 Å². The van der Waals surface area contributed by atoms with Gasteiger partial charge in [-0.1, -0.05) is 26.2 Å². The number of hydrogen-bond acceptors (Lipinski definition) is 1. The number of hydrogen-bond donors (Lipinski definition) is 1. The summed E-state index contributed by atoms with van der Waals surface area (Å²) in [5, 5.41) is 0.212. The number of nitrogens with zero attached hydrogens (tertiary/aromatic N) is 1. The van der Waals surface area contributed by atoms with Crippen LogP contribution >= 0.6 is 11.6 Å². The van der Waals surface area contributed by atoms with Gasteiger partial charge in [0.1, 0.15) is 5.82 Å². The summed E-state index contributed by atoms with van der Waals surface area (Å²) < 4.78 is 0. The highest BCUT2D eigenvalue weighted by atomic mass is 35.5. The summed E-state index contributed by atoms with van der Waals surface area (Å²) in [7, 11) is 0. The zero-order chi connectivity index (χ0) is 10.7. The molecule has 84 valence electrons. The molecule has 1 atom stereocenters. The summed E-state index contributed by atoms with van der Waals surface area (Å²) >= 11 is 6.53. The fourth-order valence-corrected chi connectivity index (χ4v) is 2.86. The lowest BCUT2D eigenvalue weighted by atomic mass is 9.72. The van der Waals surface area contributed by atoms with Crippen molar-refractivity contribution in [3.8, 4) is 0 Å². The number of imidazole rings is 1. The molecule has 1 unspecified atom stereocenters. The van der Waals surface area contributed by atoms with Crippen LogP contribution in [0.3, 0.4) is 0 Å². The number of halogens is 1. The van der Waals surface area contributed by atoms with Gasteiger partial charge in [0, 0.05) is 24.2 Å². The standard InChI is InChI=1S/C12H19ClN2/c1-12(5-3-2-4-6-12)10(13)9-11-14-7-8-15-11/h7-8,10H,2-6,9H2,1H3,(H,14,15). The predicted molar refractivity (Wildman–Crippen MR) is 63.1 cm³/mol. The van der Waals surface area contributed by atoms with Crippen LogP contribution in [0.25, 0.3) is 0 Å². The Hall–Kier alpha value is -0.500. The molecule has 1 fully saturated rings. The number of aromatic nitrogens is 2. The van der Waals surface area contributed by atoms with E-state index >= 15 is 0 Å². The topological polar surface area (TPSA) is 28.7 Å². The number of aromatic amines is 1. The Morgan fingerprint density at radius 1 is 1.47 bits per heavy atom. The smallest absolute Gasteiger partial charge is 0.107 e. The molecular weight excluding hydrogens is 208 g/mol. The van der Waals surface area contributed by atoms with Gasteiger partial charge in [-0.15, -0.1) is 11.6 Å². The molecule has 0 aromatic carbocycles. The fraction of sp³-hybridized carbons (Fsp3) is 0.750. The Labute approximate surface area is 96.4 Å². The third-order valence-corrected chi connectivity index (χ3v) is 4.36. The average Bonchev–Trinajstić information content (AvgIpc) is 2.71. The first kappa shape index (κ1) is 11.0. The predicted octanol–water partition coefficient (Wildman–Crippen LogP) is 3.53. The highest BCUT2D eigenvalue weighted by Gasteiger charge is 2.34.